The molecule has 0 unspecified atom stereocenters. The van der Waals surface area contributed by atoms with Crippen molar-refractivity contribution in [1.82, 2.24) is 4.90 Å². The lowest BCUT2D eigenvalue weighted by Crippen LogP contribution is -2.30. The van der Waals surface area contributed by atoms with Gasteiger partial charge in [-0.05, 0) is 29.2 Å². The van der Waals surface area contributed by atoms with Crippen molar-refractivity contribution in [3.63, 3.8) is 0 Å². The molecule has 0 saturated carbocycles. The molecule has 0 spiro atoms. The minimum absolute atomic E-state index is 0.156. The van der Waals surface area contributed by atoms with Gasteiger partial charge in [0.2, 0.25) is 16.9 Å². The first-order valence-electron chi connectivity index (χ1n) is 9.32. The van der Waals surface area contributed by atoms with Crippen molar-refractivity contribution in [2.75, 3.05) is 6.54 Å². The van der Waals surface area contributed by atoms with Crippen LogP contribution in [0, 0.1) is 6.57 Å². The SMILES string of the molecule is [C-]#[N+]c1ccc(COc2coc(CN3CCc4ccccc4C3)cc2=O)cc1Cl. The summed E-state index contributed by atoms with van der Waals surface area (Å²) in [6.45, 7) is 9.55. The number of benzene rings is 2. The molecular weight excluding hydrogens is 388 g/mol. The number of hydrogen-bond donors (Lipinski definition) is 0. The molecule has 1 aliphatic rings. The second-order valence-corrected chi connectivity index (χ2v) is 7.40. The molecule has 0 bridgehead atoms. The monoisotopic (exact) mass is 406 g/mol. The molecule has 4 rings (SSSR count). The van der Waals surface area contributed by atoms with Crippen molar-refractivity contribution in [2.45, 2.75) is 26.1 Å². The molecule has 6 heteroatoms. The van der Waals surface area contributed by atoms with E-state index in [-0.39, 0.29) is 17.8 Å². The Morgan fingerprint density at radius 3 is 2.76 bits per heavy atom. The summed E-state index contributed by atoms with van der Waals surface area (Å²) < 4.78 is 11.2. The molecule has 0 saturated heterocycles. The largest absolute Gasteiger partial charge is 0.482 e. The molecule has 29 heavy (non-hydrogen) atoms. The van der Waals surface area contributed by atoms with E-state index in [9.17, 15) is 4.79 Å². The summed E-state index contributed by atoms with van der Waals surface area (Å²) in [5.41, 5.74) is 3.66. The Balaban J connectivity index is 1.39. The third-order valence-electron chi connectivity index (χ3n) is 4.97. The van der Waals surface area contributed by atoms with Crippen molar-refractivity contribution in [3.8, 4) is 5.75 Å². The summed E-state index contributed by atoms with van der Waals surface area (Å²) in [7, 11) is 0. The highest BCUT2D eigenvalue weighted by molar-refractivity contribution is 6.33. The Labute approximate surface area is 173 Å². The van der Waals surface area contributed by atoms with E-state index in [0.717, 1.165) is 25.1 Å². The lowest BCUT2D eigenvalue weighted by molar-refractivity contribution is 0.220. The number of halogens is 1. The van der Waals surface area contributed by atoms with Crippen molar-refractivity contribution < 1.29 is 9.15 Å². The van der Waals surface area contributed by atoms with Gasteiger partial charge in [0.25, 0.3) is 0 Å². The minimum Gasteiger partial charge on any atom is -0.482 e. The fourth-order valence-electron chi connectivity index (χ4n) is 3.43. The van der Waals surface area contributed by atoms with Gasteiger partial charge in [0, 0.05) is 24.2 Å². The van der Waals surface area contributed by atoms with Crippen molar-refractivity contribution in [3.05, 3.63) is 104 Å². The number of nitrogens with zero attached hydrogens (tertiary/aromatic N) is 2. The molecule has 5 nitrogen and oxygen atoms in total. The molecule has 2 aromatic carbocycles. The number of fused-ring (bicyclic) bond motifs is 1. The van der Waals surface area contributed by atoms with E-state index in [2.05, 4.69) is 34.0 Å². The van der Waals surface area contributed by atoms with Crippen LogP contribution in [0.5, 0.6) is 5.75 Å². The molecule has 1 aromatic heterocycles. The normalized spacial score (nSPS) is 13.5. The quantitative estimate of drug-likeness (QED) is 0.560. The second-order valence-electron chi connectivity index (χ2n) is 6.99. The van der Waals surface area contributed by atoms with Gasteiger partial charge >= 0.3 is 0 Å². The van der Waals surface area contributed by atoms with Crippen LogP contribution in [-0.2, 0) is 26.1 Å². The van der Waals surface area contributed by atoms with Crippen molar-refractivity contribution in [2.24, 2.45) is 0 Å². The van der Waals surface area contributed by atoms with Crippen LogP contribution in [0.2, 0.25) is 5.02 Å². The van der Waals surface area contributed by atoms with Gasteiger partial charge in [0.05, 0.1) is 13.1 Å². The second kappa shape index (κ2) is 8.52. The lowest BCUT2D eigenvalue weighted by atomic mass is 10.00. The molecule has 146 valence electrons. The molecule has 0 N–H and O–H groups in total. The van der Waals surface area contributed by atoms with Gasteiger partial charge in [-0.1, -0.05) is 48.0 Å². The van der Waals surface area contributed by atoms with Gasteiger partial charge in [-0.15, -0.1) is 0 Å². The van der Waals surface area contributed by atoms with E-state index >= 15 is 0 Å². The van der Waals surface area contributed by atoms with E-state index in [0.29, 0.717) is 23.0 Å². The van der Waals surface area contributed by atoms with E-state index < -0.39 is 0 Å². The average molecular weight is 407 g/mol. The van der Waals surface area contributed by atoms with Gasteiger partial charge in [0.15, 0.2) is 0 Å². The van der Waals surface area contributed by atoms with E-state index in [1.54, 1.807) is 18.2 Å². The van der Waals surface area contributed by atoms with Crippen molar-refractivity contribution in [1.29, 1.82) is 0 Å². The Bertz CT molecular complexity index is 1130. The van der Waals surface area contributed by atoms with Gasteiger partial charge in [-0.2, -0.15) is 0 Å². The van der Waals surface area contributed by atoms with E-state index in [1.807, 2.05) is 0 Å². The molecule has 0 amide bonds. The smallest absolute Gasteiger partial charge is 0.227 e. The Kier molecular flexibility index (Phi) is 5.66. The number of ether oxygens (including phenoxy) is 1. The van der Waals surface area contributed by atoms with Gasteiger partial charge < -0.3 is 9.15 Å². The van der Waals surface area contributed by atoms with Crippen molar-refractivity contribution >= 4 is 17.3 Å². The van der Waals surface area contributed by atoms with Crippen LogP contribution < -0.4 is 10.2 Å². The zero-order valence-electron chi connectivity index (χ0n) is 15.7. The first-order chi connectivity index (χ1) is 14.1. The summed E-state index contributed by atoms with van der Waals surface area (Å²) >= 11 is 6.03. The summed E-state index contributed by atoms with van der Waals surface area (Å²) in [5.74, 6) is 0.773. The first-order valence-corrected chi connectivity index (χ1v) is 9.70. The van der Waals surface area contributed by atoms with Gasteiger partial charge in [-0.3, -0.25) is 9.69 Å². The Morgan fingerprint density at radius 1 is 1.17 bits per heavy atom. The maximum atomic E-state index is 12.4. The van der Waals surface area contributed by atoms with Crippen LogP contribution in [0.4, 0.5) is 5.69 Å². The van der Waals surface area contributed by atoms with Crippen LogP contribution >= 0.6 is 11.6 Å². The molecule has 0 aliphatic carbocycles. The molecule has 0 atom stereocenters. The van der Waals surface area contributed by atoms with Crippen LogP contribution in [-0.4, -0.2) is 11.4 Å². The topological polar surface area (TPSA) is 47.0 Å². The first kappa shape index (κ1) is 19.3. The fraction of sp³-hybridized carbons (Fsp3) is 0.217. The Hall–Kier alpha value is -3.07. The molecule has 0 fully saturated rings. The standard InChI is InChI=1S/C23H19ClN2O3/c1-25-21-7-6-16(10-20(21)24)14-29-23-15-28-19(11-22(23)27)13-26-9-8-17-4-2-3-5-18(17)12-26/h2-7,10-11,15H,8-9,12-14H2. The van der Waals surface area contributed by atoms with Crippen LogP contribution in [0.3, 0.4) is 0 Å². The predicted octanol–water partition coefficient (Wildman–Crippen LogP) is 4.98. The number of rotatable bonds is 5. The minimum atomic E-state index is -0.215. The van der Waals surface area contributed by atoms with Gasteiger partial charge in [-0.25, -0.2) is 4.85 Å². The molecule has 0 radical (unpaired) electrons. The summed E-state index contributed by atoms with van der Waals surface area (Å²) in [6.07, 6.45) is 2.36. The highest BCUT2D eigenvalue weighted by Crippen LogP contribution is 2.26. The van der Waals surface area contributed by atoms with E-state index in [1.165, 1.54) is 23.5 Å². The molecule has 1 aliphatic heterocycles. The molecule has 3 aromatic rings. The predicted molar refractivity (Wildman–Crippen MR) is 111 cm³/mol. The maximum Gasteiger partial charge on any atom is 0.227 e. The summed E-state index contributed by atoms with van der Waals surface area (Å²) in [5, 5.41) is 0.367. The summed E-state index contributed by atoms with van der Waals surface area (Å²) in [6, 6.07) is 15.0. The highest BCUT2D eigenvalue weighted by Gasteiger charge is 2.17. The highest BCUT2D eigenvalue weighted by atomic mass is 35.5. The maximum absolute atomic E-state index is 12.4. The average Bonchev–Trinajstić information content (AvgIpc) is 2.73. The van der Waals surface area contributed by atoms with Crippen LogP contribution in [0.1, 0.15) is 22.5 Å². The zero-order valence-corrected chi connectivity index (χ0v) is 16.5. The zero-order chi connectivity index (χ0) is 20.2. The molecular formula is C23H19ClN2O3. The fourth-order valence-corrected chi connectivity index (χ4v) is 3.67. The van der Waals surface area contributed by atoms with Crippen LogP contribution in [0.15, 0.2) is 64.0 Å². The molecule has 2 heterocycles. The summed E-state index contributed by atoms with van der Waals surface area (Å²) in [4.78, 5) is 18.0. The third kappa shape index (κ3) is 4.51. The Morgan fingerprint density at radius 2 is 2.00 bits per heavy atom. The lowest BCUT2D eigenvalue weighted by Gasteiger charge is -2.28. The number of hydrogen-bond acceptors (Lipinski definition) is 4. The van der Waals surface area contributed by atoms with E-state index in [4.69, 9.17) is 27.3 Å². The third-order valence-corrected chi connectivity index (χ3v) is 5.27. The van der Waals surface area contributed by atoms with Gasteiger partial charge in [0.1, 0.15) is 18.6 Å². The van der Waals surface area contributed by atoms with Crippen LogP contribution in [0.25, 0.3) is 4.85 Å².